The molecule has 3 heterocycles. The molecular formula is C21H17N3O3. The first-order valence-corrected chi connectivity index (χ1v) is 8.83. The largest absolute Gasteiger partial charge is 0.497 e. The SMILES string of the molecule is COc1ccc2[nH]c3c(c2c1)CC1COC(=O)N1[C@H]3c1ccc(C#N)cc1. The predicted octanol–water partition coefficient (Wildman–Crippen LogP) is 3.51. The van der Waals surface area contributed by atoms with E-state index in [1.807, 2.05) is 35.2 Å². The molecule has 5 rings (SSSR count). The fourth-order valence-electron chi connectivity index (χ4n) is 4.21. The molecule has 1 amide bonds. The summed E-state index contributed by atoms with van der Waals surface area (Å²) < 4.78 is 10.7. The topological polar surface area (TPSA) is 78.3 Å². The van der Waals surface area contributed by atoms with E-state index in [-0.39, 0.29) is 18.2 Å². The Morgan fingerprint density at radius 2 is 2.07 bits per heavy atom. The third-order valence-corrected chi connectivity index (χ3v) is 5.50. The van der Waals surface area contributed by atoms with E-state index < -0.39 is 0 Å². The van der Waals surface area contributed by atoms with Crippen molar-refractivity contribution in [3.63, 3.8) is 0 Å². The predicted molar refractivity (Wildman–Crippen MR) is 98.5 cm³/mol. The second-order valence-corrected chi connectivity index (χ2v) is 6.91. The van der Waals surface area contributed by atoms with Gasteiger partial charge in [-0.25, -0.2) is 4.79 Å². The zero-order valence-electron chi connectivity index (χ0n) is 14.7. The van der Waals surface area contributed by atoms with E-state index in [4.69, 9.17) is 14.7 Å². The Hall–Kier alpha value is -3.46. The molecule has 6 heteroatoms. The van der Waals surface area contributed by atoms with Gasteiger partial charge in [0.1, 0.15) is 18.4 Å². The Labute approximate surface area is 155 Å². The van der Waals surface area contributed by atoms with Crippen LogP contribution in [0.15, 0.2) is 42.5 Å². The molecule has 2 aliphatic heterocycles. The third-order valence-electron chi connectivity index (χ3n) is 5.50. The number of amides is 1. The van der Waals surface area contributed by atoms with Crippen LogP contribution in [0, 0.1) is 11.3 Å². The number of carbonyl (C=O) groups excluding carboxylic acids is 1. The molecule has 1 fully saturated rings. The minimum atomic E-state index is -0.295. The van der Waals surface area contributed by atoms with Crippen molar-refractivity contribution in [2.24, 2.45) is 0 Å². The summed E-state index contributed by atoms with van der Waals surface area (Å²) in [6, 6.07) is 15.2. The van der Waals surface area contributed by atoms with Crippen molar-refractivity contribution in [2.45, 2.75) is 18.5 Å². The van der Waals surface area contributed by atoms with Crippen LogP contribution in [-0.2, 0) is 11.2 Å². The van der Waals surface area contributed by atoms with Gasteiger partial charge in [-0.05, 0) is 47.9 Å². The lowest BCUT2D eigenvalue weighted by Crippen LogP contribution is -2.42. The number of benzene rings is 2. The van der Waals surface area contributed by atoms with Crippen LogP contribution in [0.1, 0.15) is 28.4 Å². The number of aromatic nitrogens is 1. The minimum absolute atomic E-state index is 0.00385. The summed E-state index contributed by atoms with van der Waals surface area (Å²) >= 11 is 0. The van der Waals surface area contributed by atoms with E-state index in [1.54, 1.807) is 19.2 Å². The second kappa shape index (κ2) is 5.78. The van der Waals surface area contributed by atoms with Crippen LogP contribution in [-0.4, -0.2) is 35.7 Å². The number of nitrogens with zero attached hydrogens (tertiary/aromatic N) is 2. The number of rotatable bonds is 2. The first-order valence-electron chi connectivity index (χ1n) is 8.83. The molecule has 1 saturated heterocycles. The summed E-state index contributed by atoms with van der Waals surface area (Å²) in [7, 11) is 1.66. The molecule has 2 atom stereocenters. The van der Waals surface area contributed by atoms with Crippen LogP contribution in [0.3, 0.4) is 0 Å². The number of hydrogen-bond acceptors (Lipinski definition) is 4. The van der Waals surface area contributed by atoms with Gasteiger partial charge in [0.25, 0.3) is 0 Å². The van der Waals surface area contributed by atoms with Gasteiger partial charge in [-0.2, -0.15) is 5.26 Å². The van der Waals surface area contributed by atoms with Gasteiger partial charge in [-0.1, -0.05) is 12.1 Å². The molecule has 1 unspecified atom stereocenters. The average Bonchev–Trinajstić information content (AvgIpc) is 3.26. The highest BCUT2D eigenvalue weighted by molar-refractivity contribution is 5.87. The van der Waals surface area contributed by atoms with Crippen molar-refractivity contribution in [2.75, 3.05) is 13.7 Å². The Balaban J connectivity index is 1.72. The van der Waals surface area contributed by atoms with E-state index in [0.29, 0.717) is 12.2 Å². The summed E-state index contributed by atoms with van der Waals surface area (Å²) in [6.45, 7) is 0.391. The van der Waals surface area contributed by atoms with Crippen LogP contribution in [0.2, 0.25) is 0 Å². The highest BCUT2D eigenvalue weighted by Gasteiger charge is 2.45. The Kier molecular flexibility index (Phi) is 3.37. The van der Waals surface area contributed by atoms with Gasteiger partial charge >= 0.3 is 6.09 Å². The number of hydrogen-bond donors (Lipinski definition) is 1. The minimum Gasteiger partial charge on any atom is -0.497 e. The van der Waals surface area contributed by atoms with Crippen molar-refractivity contribution >= 4 is 17.0 Å². The molecule has 0 radical (unpaired) electrons. The number of nitrogens with one attached hydrogen (secondary N) is 1. The smallest absolute Gasteiger partial charge is 0.411 e. The molecule has 0 aliphatic carbocycles. The maximum atomic E-state index is 12.5. The second-order valence-electron chi connectivity index (χ2n) is 6.91. The highest BCUT2D eigenvalue weighted by Crippen LogP contribution is 2.43. The number of ether oxygens (including phenoxy) is 2. The molecule has 0 bridgehead atoms. The quantitative estimate of drug-likeness (QED) is 0.759. The fourth-order valence-corrected chi connectivity index (χ4v) is 4.21. The summed E-state index contributed by atoms with van der Waals surface area (Å²) in [5, 5.41) is 10.2. The van der Waals surface area contributed by atoms with Crippen molar-refractivity contribution in [1.82, 2.24) is 9.88 Å². The molecule has 2 aromatic carbocycles. The zero-order valence-corrected chi connectivity index (χ0v) is 14.7. The van der Waals surface area contributed by atoms with Gasteiger partial charge in [-0.3, -0.25) is 4.90 Å². The summed E-state index contributed by atoms with van der Waals surface area (Å²) in [5.74, 6) is 0.806. The summed E-state index contributed by atoms with van der Waals surface area (Å²) in [6.07, 6.45) is 0.442. The van der Waals surface area contributed by atoms with Gasteiger partial charge < -0.3 is 14.5 Å². The molecule has 0 spiro atoms. The average molecular weight is 359 g/mol. The van der Waals surface area contributed by atoms with E-state index in [2.05, 4.69) is 11.1 Å². The van der Waals surface area contributed by atoms with Crippen molar-refractivity contribution < 1.29 is 14.3 Å². The lowest BCUT2D eigenvalue weighted by atomic mass is 9.89. The van der Waals surface area contributed by atoms with E-state index in [1.165, 1.54) is 5.56 Å². The molecular weight excluding hydrogens is 342 g/mol. The van der Waals surface area contributed by atoms with E-state index >= 15 is 0 Å². The van der Waals surface area contributed by atoms with Gasteiger partial charge in [-0.15, -0.1) is 0 Å². The Morgan fingerprint density at radius 3 is 2.81 bits per heavy atom. The molecule has 1 N–H and O–H groups in total. The first-order chi connectivity index (χ1) is 13.2. The molecule has 6 nitrogen and oxygen atoms in total. The molecule has 2 aliphatic rings. The number of H-pyrrole nitrogens is 1. The first kappa shape index (κ1) is 15.8. The maximum Gasteiger partial charge on any atom is 0.411 e. The van der Waals surface area contributed by atoms with Crippen molar-refractivity contribution in [1.29, 1.82) is 5.26 Å². The number of carbonyl (C=O) groups is 1. The van der Waals surface area contributed by atoms with E-state index in [9.17, 15) is 4.79 Å². The number of aromatic amines is 1. The van der Waals surface area contributed by atoms with Gasteiger partial charge in [0, 0.05) is 16.6 Å². The molecule has 1 aromatic heterocycles. The monoisotopic (exact) mass is 359 g/mol. The highest BCUT2D eigenvalue weighted by atomic mass is 16.6. The summed E-state index contributed by atoms with van der Waals surface area (Å²) in [4.78, 5) is 17.8. The van der Waals surface area contributed by atoms with Crippen molar-refractivity contribution in [3.8, 4) is 11.8 Å². The van der Waals surface area contributed by atoms with Crippen LogP contribution < -0.4 is 4.74 Å². The van der Waals surface area contributed by atoms with Gasteiger partial charge in [0.2, 0.25) is 0 Å². The Morgan fingerprint density at radius 1 is 1.26 bits per heavy atom. The standard InChI is InChI=1S/C21H17N3O3/c1-26-15-6-7-18-16(9-15)17-8-14-11-27-21(25)24(14)20(19(17)23-18)13-4-2-12(10-22)3-5-13/h2-7,9,14,20,23H,8,11H2,1H3/t14?,20-/m0/s1. The lowest BCUT2D eigenvalue weighted by molar-refractivity contribution is 0.147. The Bertz CT molecular complexity index is 1090. The maximum absolute atomic E-state index is 12.5. The van der Waals surface area contributed by atoms with Crippen LogP contribution in [0.25, 0.3) is 10.9 Å². The van der Waals surface area contributed by atoms with Gasteiger partial charge in [0.15, 0.2) is 0 Å². The van der Waals surface area contributed by atoms with Crippen LogP contribution >= 0.6 is 0 Å². The van der Waals surface area contributed by atoms with Gasteiger partial charge in [0.05, 0.1) is 24.8 Å². The lowest BCUT2D eigenvalue weighted by Gasteiger charge is -2.35. The number of cyclic esters (lactones) is 1. The zero-order chi connectivity index (χ0) is 18.5. The van der Waals surface area contributed by atoms with Crippen molar-refractivity contribution in [3.05, 3.63) is 64.8 Å². The fraction of sp³-hybridized carbons (Fsp3) is 0.238. The summed E-state index contributed by atoms with van der Waals surface area (Å²) in [5.41, 5.74) is 4.76. The molecule has 0 saturated carbocycles. The molecule has 27 heavy (non-hydrogen) atoms. The molecule has 134 valence electrons. The normalized spacial score (nSPS) is 20.7. The third kappa shape index (κ3) is 2.28. The number of fused-ring (bicyclic) bond motifs is 4. The molecule has 3 aromatic rings. The van der Waals surface area contributed by atoms with Crippen LogP contribution in [0.4, 0.5) is 4.79 Å². The number of methoxy groups -OCH3 is 1. The van der Waals surface area contributed by atoms with E-state index in [0.717, 1.165) is 34.3 Å². The number of nitriles is 1. The van der Waals surface area contributed by atoms with Crippen LogP contribution in [0.5, 0.6) is 5.75 Å².